The molecular formula is C14H20N2O3. The lowest BCUT2D eigenvalue weighted by Crippen LogP contribution is -2.32. The number of hydrogen-bond acceptors (Lipinski definition) is 4. The third-order valence-corrected chi connectivity index (χ3v) is 3.11. The predicted molar refractivity (Wildman–Crippen MR) is 72.5 cm³/mol. The summed E-state index contributed by atoms with van der Waals surface area (Å²) in [5.74, 6) is 1.20. The van der Waals surface area contributed by atoms with Gasteiger partial charge in [0.25, 0.3) is 0 Å². The number of amides is 1. The van der Waals surface area contributed by atoms with Crippen LogP contribution in [0.2, 0.25) is 0 Å². The van der Waals surface area contributed by atoms with Crippen molar-refractivity contribution in [1.82, 2.24) is 5.32 Å². The molecule has 5 nitrogen and oxygen atoms in total. The minimum absolute atomic E-state index is 0.0278. The number of ether oxygens (including phenoxy) is 2. The first-order valence-electron chi connectivity index (χ1n) is 6.59. The van der Waals surface area contributed by atoms with E-state index in [0.29, 0.717) is 32.1 Å². The highest BCUT2D eigenvalue weighted by molar-refractivity contribution is 5.83. The molecule has 0 bridgehead atoms. The van der Waals surface area contributed by atoms with Gasteiger partial charge < -0.3 is 20.5 Å². The monoisotopic (exact) mass is 264 g/mol. The fourth-order valence-corrected chi connectivity index (χ4v) is 1.95. The SMILES string of the molecule is CC(C(=O)NCCN)c1ccc2c(c1)OCCCO2. The summed E-state index contributed by atoms with van der Waals surface area (Å²) >= 11 is 0. The predicted octanol–water partition coefficient (Wildman–Crippen LogP) is 1.03. The molecule has 104 valence electrons. The van der Waals surface area contributed by atoms with Crippen LogP contribution in [0.3, 0.4) is 0 Å². The molecule has 1 atom stereocenters. The molecule has 1 aromatic carbocycles. The molecule has 0 aliphatic carbocycles. The summed E-state index contributed by atoms with van der Waals surface area (Å²) in [5, 5.41) is 2.79. The van der Waals surface area contributed by atoms with Gasteiger partial charge in [0.2, 0.25) is 5.91 Å². The molecule has 0 aromatic heterocycles. The zero-order valence-corrected chi connectivity index (χ0v) is 11.1. The zero-order valence-electron chi connectivity index (χ0n) is 11.1. The van der Waals surface area contributed by atoms with E-state index in [1.165, 1.54) is 0 Å². The highest BCUT2D eigenvalue weighted by Crippen LogP contribution is 2.32. The molecule has 0 fully saturated rings. The number of nitrogens with one attached hydrogen (secondary N) is 1. The summed E-state index contributed by atoms with van der Waals surface area (Å²) in [5.41, 5.74) is 6.29. The Morgan fingerprint density at radius 3 is 2.84 bits per heavy atom. The van der Waals surface area contributed by atoms with E-state index in [0.717, 1.165) is 17.7 Å². The van der Waals surface area contributed by atoms with Gasteiger partial charge in [0.05, 0.1) is 19.1 Å². The maximum atomic E-state index is 11.9. The van der Waals surface area contributed by atoms with E-state index in [-0.39, 0.29) is 11.8 Å². The van der Waals surface area contributed by atoms with Crippen LogP contribution in [0, 0.1) is 0 Å². The van der Waals surface area contributed by atoms with Crippen LogP contribution in [-0.2, 0) is 4.79 Å². The summed E-state index contributed by atoms with van der Waals surface area (Å²) in [6.07, 6.45) is 0.872. The lowest BCUT2D eigenvalue weighted by Gasteiger charge is -2.14. The molecule has 0 radical (unpaired) electrons. The van der Waals surface area contributed by atoms with Crippen molar-refractivity contribution in [2.24, 2.45) is 5.73 Å². The number of carbonyl (C=O) groups excluding carboxylic acids is 1. The van der Waals surface area contributed by atoms with Gasteiger partial charge in [0.1, 0.15) is 0 Å². The number of nitrogens with two attached hydrogens (primary N) is 1. The van der Waals surface area contributed by atoms with E-state index in [1.54, 1.807) is 0 Å². The quantitative estimate of drug-likeness (QED) is 0.851. The molecule has 3 N–H and O–H groups in total. The van der Waals surface area contributed by atoms with E-state index >= 15 is 0 Å². The van der Waals surface area contributed by atoms with Crippen LogP contribution in [0.5, 0.6) is 11.5 Å². The highest BCUT2D eigenvalue weighted by atomic mass is 16.5. The maximum absolute atomic E-state index is 11.9. The van der Waals surface area contributed by atoms with Gasteiger partial charge >= 0.3 is 0 Å². The Labute approximate surface area is 113 Å². The third kappa shape index (κ3) is 3.38. The van der Waals surface area contributed by atoms with Crippen LogP contribution in [0.15, 0.2) is 18.2 Å². The van der Waals surface area contributed by atoms with Gasteiger partial charge in [-0.25, -0.2) is 0 Å². The second-order valence-electron chi connectivity index (χ2n) is 4.56. The van der Waals surface area contributed by atoms with Gasteiger partial charge in [-0.15, -0.1) is 0 Å². The van der Waals surface area contributed by atoms with Gasteiger partial charge in [-0.1, -0.05) is 6.07 Å². The fourth-order valence-electron chi connectivity index (χ4n) is 1.95. The summed E-state index contributed by atoms with van der Waals surface area (Å²) in [7, 11) is 0. The van der Waals surface area contributed by atoms with E-state index in [4.69, 9.17) is 15.2 Å². The van der Waals surface area contributed by atoms with E-state index in [2.05, 4.69) is 5.32 Å². The van der Waals surface area contributed by atoms with E-state index in [1.807, 2.05) is 25.1 Å². The van der Waals surface area contributed by atoms with Crippen molar-refractivity contribution in [3.63, 3.8) is 0 Å². The average Bonchev–Trinajstić information content (AvgIpc) is 2.68. The molecule has 0 saturated carbocycles. The smallest absolute Gasteiger partial charge is 0.227 e. The van der Waals surface area contributed by atoms with Crippen molar-refractivity contribution in [2.75, 3.05) is 26.3 Å². The van der Waals surface area contributed by atoms with E-state index < -0.39 is 0 Å². The van der Waals surface area contributed by atoms with Gasteiger partial charge in [0.15, 0.2) is 11.5 Å². The fraction of sp³-hybridized carbons (Fsp3) is 0.500. The van der Waals surface area contributed by atoms with Crippen LogP contribution in [-0.4, -0.2) is 32.2 Å². The Hall–Kier alpha value is -1.75. The van der Waals surface area contributed by atoms with Crippen molar-refractivity contribution in [1.29, 1.82) is 0 Å². The first kappa shape index (κ1) is 13.7. The van der Waals surface area contributed by atoms with Crippen molar-refractivity contribution in [3.8, 4) is 11.5 Å². The molecule has 0 saturated heterocycles. The molecule has 1 unspecified atom stereocenters. The second-order valence-corrected chi connectivity index (χ2v) is 4.56. The van der Waals surface area contributed by atoms with Gasteiger partial charge in [-0.3, -0.25) is 4.79 Å². The van der Waals surface area contributed by atoms with Crippen LogP contribution in [0.25, 0.3) is 0 Å². The molecule has 0 spiro atoms. The lowest BCUT2D eigenvalue weighted by molar-refractivity contribution is -0.122. The highest BCUT2D eigenvalue weighted by Gasteiger charge is 2.18. The largest absolute Gasteiger partial charge is 0.490 e. The third-order valence-electron chi connectivity index (χ3n) is 3.11. The number of rotatable bonds is 4. The van der Waals surface area contributed by atoms with Crippen molar-refractivity contribution in [3.05, 3.63) is 23.8 Å². The topological polar surface area (TPSA) is 73.6 Å². The first-order chi connectivity index (χ1) is 9.22. The molecule has 19 heavy (non-hydrogen) atoms. The first-order valence-corrected chi connectivity index (χ1v) is 6.59. The van der Waals surface area contributed by atoms with Crippen LogP contribution in [0.4, 0.5) is 0 Å². The number of hydrogen-bond donors (Lipinski definition) is 2. The summed E-state index contributed by atoms with van der Waals surface area (Å²) in [6, 6.07) is 5.65. The molecule has 1 aliphatic rings. The standard InChI is InChI=1S/C14H20N2O3/c1-10(14(17)16-6-5-15)11-3-4-12-13(9-11)19-8-2-7-18-12/h3-4,9-10H,2,5-8,15H2,1H3,(H,16,17). The lowest BCUT2D eigenvalue weighted by atomic mass is 10.00. The summed E-state index contributed by atoms with van der Waals surface area (Å²) < 4.78 is 11.2. The van der Waals surface area contributed by atoms with Crippen molar-refractivity contribution in [2.45, 2.75) is 19.3 Å². The Bertz CT molecular complexity index is 448. The number of carbonyl (C=O) groups is 1. The van der Waals surface area contributed by atoms with Crippen LogP contribution in [0.1, 0.15) is 24.8 Å². The van der Waals surface area contributed by atoms with Crippen LogP contribution >= 0.6 is 0 Å². The van der Waals surface area contributed by atoms with Crippen molar-refractivity contribution < 1.29 is 14.3 Å². The normalized spacial score (nSPS) is 15.5. The summed E-state index contributed by atoms with van der Waals surface area (Å²) in [4.78, 5) is 11.9. The maximum Gasteiger partial charge on any atom is 0.227 e. The number of benzene rings is 1. The molecule has 1 aliphatic heterocycles. The van der Waals surface area contributed by atoms with Gasteiger partial charge in [0, 0.05) is 19.5 Å². The van der Waals surface area contributed by atoms with Crippen molar-refractivity contribution >= 4 is 5.91 Å². The minimum Gasteiger partial charge on any atom is -0.490 e. The Morgan fingerprint density at radius 2 is 2.11 bits per heavy atom. The molecule has 1 heterocycles. The molecule has 5 heteroatoms. The zero-order chi connectivity index (χ0) is 13.7. The van der Waals surface area contributed by atoms with Crippen LogP contribution < -0.4 is 20.5 Å². The molecule has 2 rings (SSSR count). The minimum atomic E-state index is -0.233. The number of fused-ring (bicyclic) bond motifs is 1. The molecule has 1 amide bonds. The van der Waals surface area contributed by atoms with Gasteiger partial charge in [-0.2, -0.15) is 0 Å². The second kappa shape index (κ2) is 6.43. The van der Waals surface area contributed by atoms with E-state index in [9.17, 15) is 4.79 Å². The van der Waals surface area contributed by atoms with Gasteiger partial charge in [-0.05, 0) is 24.6 Å². The molecular weight excluding hydrogens is 244 g/mol. The molecule has 1 aromatic rings. The Balaban J connectivity index is 2.12. The summed E-state index contributed by atoms with van der Waals surface area (Å²) in [6.45, 7) is 4.11. The Morgan fingerprint density at radius 1 is 1.37 bits per heavy atom. The average molecular weight is 264 g/mol. The Kier molecular flexibility index (Phi) is 4.63.